The molecule has 0 bridgehead atoms. The van der Waals surface area contributed by atoms with Crippen molar-refractivity contribution in [1.29, 1.82) is 0 Å². The first-order valence-corrected chi connectivity index (χ1v) is 9.79. The van der Waals surface area contributed by atoms with Gasteiger partial charge in [-0.2, -0.15) is 26.3 Å². The Kier molecular flexibility index (Phi) is 6.18. The number of nitrogens with zero attached hydrogens (tertiary/aromatic N) is 2. The Morgan fingerprint density at radius 1 is 1.00 bits per heavy atom. The average molecular weight is 436 g/mol. The highest BCUT2D eigenvalue weighted by molar-refractivity contribution is 7.90. The molecule has 2 rings (SSSR count). The minimum Gasteiger partial charge on any atom is -0.358 e. The third kappa shape index (κ3) is 6.12. The summed E-state index contributed by atoms with van der Waals surface area (Å²) in [5, 5.41) is 0. The van der Waals surface area contributed by atoms with Crippen LogP contribution in [0.5, 0.6) is 0 Å². The molecule has 0 saturated carbocycles. The summed E-state index contributed by atoms with van der Waals surface area (Å²) in [6, 6.07) is 7.33. The average Bonchev–Trinajstić information content (AvgIpc) is 2.58. The van der Waals surface area contributed by atoms with Gasteiger partial charge in [-0.1, -0.05) is 18.2 Å². The molecule has 0 radical (unpaired) electrons. The first-order valence-electron chi connectivity index (χ1n) is 7.90. The quantitative estimate of drug-likeness (QED) is 0.476. The summed E-state index contributed by atoms with van der Waals surface area (Å²) in [6.07, 6.45) is -8.64. The molecule has 0 amide bonds. The van der Waals surface area contributed by atoms with Gasteiger partial charge >= 0.3 is 12.4 Å². The molecule has 0 spiro atoms. The molecule has 156 valence electrons. The van der Waals surface area contributed by atoms with Gasteiger partial charge in [-0.3, -0.25) is 0 Å². The molecule has 2 aromatic rings. The van der Waals surface area contributed by atoms with Gasteiger partial charge in [0.05, 0.1) is 17.0 Å². The van der Waals surface area contributed by atoms with Crippen molar-refractivity contribution < 1.29 is 34.8 Å². The smallest absolute Gasteiger partial charge is 0.358 e. The van der Waals surface area contributed by atoms with Gasteiger partial charge in [0.2, 0.25) is 0 Å². The van der Waals surface area contributed by atoms with E-state index in [4.69, 9.17) is 6.57 Å². The lowest BCUT2D eigenvalue weighted by Gasteiger charge is -2.27. The van der Waals surface area contributed by atoms with Gasteiger partial charge in [0.1, 0.15) is 6.54 Å². The first-order chi connectivity index (χ1) is 13.2. The largest absolute Gasteiger partial charge is 0.407 e. The Labute approximate surface area is 163 Å². The molecule has 0 unspecified atom stereocenters. The highest BCUT2D eigenvalue weighted by Crippen LogP contribution is 2.39. The molecule has 0 aliphatic carbocycles. The second-order valence-electron chi connectivity index (χ2n) is 6.20. The summed E-state index contributed by atoms with van der Waals surface area (Å²) in [6.45, 7) is 4.87. The standard InChI is InChI=1S/C18H14F6N2O2S/c1-25-16-8-5-13(9-15(16)18(22,23)24)26(11-17(19,20)21)10-12-3-6-14(7-4-12)29(2,27)28/h3-9H,10-11H2,2H3. The topological polar surface area (TPSA) is 41.7 Å². The summed E-state index contributed by atoms with van der Waals surface area (Å²) < 4.78 is 101. The van der Waals surface area contributed by atoms with Crippen LogP contribution in [0.4, 0.5) is 37.7 Å². The van der Waals surface area contributed by atoms with Crippen LogP contribution in [0.25, 0.3) is 4.85 Å². The van der Waals surface area contributed by atoms with E-state index in [2.05, 4.69) is 4.85 Å². The highest BCUT2D eigenvalue weighted by Gasteiger charge is 2.35. The maximum Gasteiger partial charge on any atom is 0.407 e. The van der Waals surface area contributed by atoms with E-state index in [-0.39, 0.29) is 16.1 Å². The lowest BCUT2D eigenvalue weighted by atomic mass is 10.1. The Morgan fingerprint density at radius 3 is 2.03 bits per heavy atom. The third-order valence-electron chi connectivity index (χ3n) is 3.87. The van der Waals surface area contributed by atoms with Gasteiger partial charge < -0.3 is 4.90 Å². The van der Waals surface area contributed by atoms with Gasteiger partial charge in [0.25, 0.3) is 0 Å². The van der Waals surface area contributed by atoms with Crippen LogP contribution >= 0.6 is 0 Å². The maximum absolute atomic E-state index is 13.2. The minimum absolute atomic E-state index is 0.0376. The van der Waals surface area contributed by atoms with Crippen molar-refractivity contribution in [2.75, 3.05) is 17.7 Å². The van der Waals surface area contributed by atoms with Crippen LogP contribution in [0.3, 0.4) is 0 Å². The molecule has 0 aliphatic rings. The first kappa shape index (κ1) is 22.5. The van der Waals surface area contributed by atoms with Crippen molar-refractivity contribution >= 4 is 21.2 Å². The lowest BCUT2D eigenvalue weighted by Crippen LogP contribution is -2.34. The van der Waals surface area contributed by atoms with Crippen molar-refractivity contribution in [2.45, 2.75) is 23.8 Å². The van der Waals surface area contributed by atoms with Crippen LogP contribution in [0.1, 0.15) is 11.1 Å². The number of alkyl halides is 6. The van der Waals surface area contributed by atoms with Crippen molar-refractivity contribution in [3.63, 3.8) is 0 Å². The number of sulfone groups is 1. The number of rotatable bonds is 5. The molecule has 0 N–H and O–H groups in total. The normalized spacial score (nSPS) is 12.5. The molecule has 0 heterocycles. The molecular weight excluding hydrogens is 422 g/mol. The number of benzene rings is 2. The van der Waals surface area contributed by atoms with Crippen LogP contribution in [-0.4, -0.2) is 27.4 Å². The fourth-order valence-corrected chi connectivity index (χ4v) is 3.19. The van der Waals surface area contributed by atoms with Crippen LogP contribution in [0.2, 0.25) is 0 Å². The zero-order valence-corrected chi connectivity index (χ0v) is 15.7. The van der Waals surface area contributed by atoms with Gasteiger partial charge in [0, 0.05) is 18.5 Å². The summed E-state index contributed by atoms with van der Waals surface area (Å²) in [4.78, 5) is 3.40. The maximum atomic E-state index is 13.2. The number of anilines is 1. The zero-order valence-electron chi connectivity index (χ0n) is 14.8. The molecule has 4 nitrogen and oxygen atoms in total. The van der Waals surface area contributed by atoms with E-state index in [9.17, 15) is 34.8 Å². The van der Waals surface area contributed by atoms with E-state index in [0.717, 1.165) is 18.4 Å². The van der Waals surface area contributed by atoms with Gasteiger partial charge in [0.15, 0.2) is 15.5 Å². The fourth-order valence-electron chi connectivity index (χ4n) is 2.56. The summed E-state index contributed by atoms with van der Waals surface area (Å²) >= 11 is 0. The van der Waals surface area contributed by atoms with E-state index < -0.39 is 46.5 Å². The van der Waals surface area contributed by atoms with Crippen LogP contribution in [0.15, 0.2) is 47.4 Å². The molecular formula is C18H14F6N2O2S. The number of hydrogen-bond donors (Lipinski definition) is 0. The molecule has 0 aromatic heterocycles. The van der Waals surface area contributed by atoms with Crippen molar-refractivity contribution in [3.05, 3.63) is 65.0 Å². The van der Waals surface area contributed by atoms with Crippen molar-refractivity contribution in [3.8, 4) is 0 Å². The Bertz CT molecular complexity index is 1020. The third-order valence-corrected chi connectivity index (χ3v) is 4.99. The van der Waals surface area contributed by atoms with Crippen molar-refractivity contribution in [2.24, 2.45) is 0 Å². The van der Waals surface area contributed by atoms with E-state index in [1.165, 1.54) is 24.3 Å². The Hall–Kier alpha value is -2.74. The fraction of sp³-hybridized carbons (Fsp3) is 0.278. The van der Waals surface area contributed by atoms with Crippen molar-refractivity contribution in [1.82, 2.24) is 0 Å². The second kappa shape index (κ2) is 7.94. The predicted octanol–water partition coefficient (Wildman–Crippen LogP) is 5.23. The predicted molar refractivity (Wildman–Crippen MR) is 94.4 cm³/mol. The minimum atomic E-state index is -4.91. The molecule has 0 fully saturated rings. The Balaban J connectivity index is 2.45. The molecule has 29 heavy (non-hydrogen) atoms. The van der Waals surface area contributed by atoms with Gasteiger partial charge in [-0.25, -0.2) is 13.3 Å². The molecule has 0 saturated heterocycles. The van der Waals surface area contributed by atoms with E-state index >= 15 is 0 Å². The molecule has 0 aliphatic heterocycles. The van der Waals surface area contributed by atoms with Gasteiger partial charge in [-0.15, -0.1) is 0 Å². The number of hydrogen-bond acceptors (Lipinski definition) is 3. The van der Waals surface area contributed by atoms with Crippen LogP contribution in [0, 0.1) is 6.57 Å². The monoisotopic (exact) mass is 436 g/mol. The molecule has 2 aromatic carbocycles. The van der Waals surface area contributed by atoms with Crippen LogP contribution in [-0.2, 0) is 22.6 Å². The molecule has 0 atom stereocenters. The zero-order chi connectivity index (χ0) is 22.0. The number of halogens is 6. The van der Waals surface area contributed by atoms with E-state index in [1.807, 2.05) is 0 Å². The van der Waals surface area contributed by atoms with E-state index in [1.54, 1.807) is 0 Å². The molecule has 11 heteroatoms. The van der Waals surface area contributed by atoms with Crippen LogP contribution < -0.4 is 4.90 Å². The summed E-state index contributed by atoms with van der Waals surface area (Å²) in [5.74, 6) is 0. The highest BCUT2D eigenvalue weighted by atomic mass is 32.2. The summed E-state index contributed by atoms with van der Waals surface area (Å²) in [5.41, 5.74) is -2.14. The van der Waals surface area contributed by atoms with E-state index in [0.29, 0.717) is 11.0 Å². The SMILES string of the molecule is [C-]#[N+]c1ccc(N(Cc2ccc(S(C)(=O)=O)cc2)CC(F)(F)F)cc1C(F)(F)F. The summed E-state index contributed by atoms with van der Waals surface area (Å²) in [7, 11) is -3.51. The lowest BCUT2D eigenvalue weighted by molar-refractivity contribution is -0.136. The Morgan fingerprint density at radius 2 is 1.59 bits per heavy atom. The van der Waals surface area contributed by atoms with Gasteiger partial charge in [-0.05, 0) is 29.8 Å². The second-order valence-corrected chi connectivity index (χ2v) is 8.21.